The molecule has 3 aromatic rings. The van der Waals surface area contributed by atoms with Gasteiger partial charge in [-0.15, -0.1) is 0 Å². The number of aliphatic hydroxyl groups excluding tert-OH is 1. The topological polar surface area (TPSA) is 137 Å². The Labute approximate surface area is 218 Å². The first-order valence-corrected chi connectivity index (χ1v) is 11.8. The fourth-order valence-corrected chi connectivity index (χ4v) is 3.90. The lowest BCUT2D eigenvalue weighted by Crippen LogP contribution is -2.31. The summed E-state index contributed by atoms with van der Waals surface area (Å²) >= 11 is 0. The van der Waals surface area contributed by atoms with Crippen LogP contribution in [0.25, 0.3) is 0 Å². The normalized spacial score (nSPS) is 12.8. The summed E-state index contributed by atoms with van der Waals surface area (Å²) in [5.74, 6) is -2.18. The molecule has 38 heavy (non-hydrogen) atoms. The summed E-state index contributed by atoms with van der Waals surface area (Å²) in [5, 5.41) is 17.8. The van der Waals surface area contributed by atoms with Gasteiger partial charge < -0.3 is 30.7 Å². The molecule has 3 amide bonds. The highest BCUT2D eigenvalue weighted by Gasteiger charge is 2.34. The van der Waals surface area contributed by atoms with E-state index in [9.17, 15) is 24.3 Å². The van der Waals surface area contributed by atoms with Crippen LogP contribution < -0.4 is 16.0 Å². The van der Waals surface area contributed by atoms with Gasteiger partial charge in [0.05, 0.1) is 25.8 Å². The molecule has 0 saturated heterocycles. The highest BCUT2D eigenvalue weighted by molar-refractivity contribution is 6.11. The van der Waals surface area contributed by atoms with E-state index in [1.165, 1.54) is 30.2 Å². The number of amides is 3. The number of methoxy groups -OCH3 is 1. The Kier molecular flexibility index (Phi) is 8.14. The van der Waals surface area contributed by atoms with E-state index in [1.54, 1.807) is 48.5 Å². The molecule has 0 aliphatic carbocycles. The summed E-state index contributed by atoms with van der Waals surface area (Å²) in [4.78, 5) is 52.8. The molecular formula is C28H26N4O6. The van der Waals surface area contributed by atoms with Gasteiger partial charge in [0.1, 0.15) is 5.70 Å². The SMILES string of the molecule is COC(=O)C1=C(Nc2cc(C(=O)Nc3ccccc3)cc(C(=O)Nc3ccccc3)c2)C(=O)N(CCO)C1. The minimum Gasteiger partial charge on any atom is -0.466 e. The average molecular weight is 515 g/mol. The number of carbonyl (C=O) groups excluding carboxylic acids is 4. The van der Waals surface area contributed by atoms with Gasteiger partial charge in [0.25, 0.3) is 17.7 Å². The quantitative estimate of drug-likeness (QED) is 0.322. The lowest BCUT2D eigenvalue weighted by Gasteiger charge is -2.16. The van der Waals surface area contributed by atoms with Gasteiger partial charge >= 0.3 is 5.97 Å². The molecule has 10 heteroatoms. The second-order valence-corrected chi connectivity index (χ2v) is 8.36. The molecule has 4 rings (SSSR count). The Bertz CT molecular complexity index is 1320. The van der Waals surface area contributed by atoms with Crippen LogP contribution in [0, 0.1) is 0 Å². The Morgan fingerprint density at radius 2 is 1.37 bits per heavy atom. The number of hydrogen-bond donors (Lipinski definition) is 4. The van der Waals surface area contributed by atoms with Gasteiger partial charge in [-0.05, 0) is 42.5 Å². The maximum absolute atomic E-state index is 13.1. The van der Waals surface area contributed by atoms with Crippen molar-refractivity contribution in [1.82, 2.24) is 4.90 Å². The van der Waals surface area contributed by atoms with Gasteiger partial charge in [0.15, 0.2) is 0 Å². The number of anilines is 3. The fourth-order valence-electron chi connectivity index (χ4n) is 3.90. The number of rotatable bonds is 9. The van der Waals surface area contributed by atoms with Crippen molar-refractivity contribution in [2.45, 2.75) is 0 Å². The van der Waals surface area contributed by atoms with E-state index < -0.39 is 23.7 Å². The molecule has 194 valence electrons. The molecule has 0 aromatic heterocycles. The van der Waals surface area contributed by atoms with Crippen LogP contribution in [0.4, 0.5) is 17.1 Å². The van der Waals surface area contributed by atoms with Crippen molar-refractivity contribution >= 4 is 40.8 Å². The van der Waals surface area contributed by atoms with Crippen LogP contribution in [0.3, 0.4) is 0 Å². The molecule has 3 aromatic carbocycles. The van der Waals surface area contributed by atoms with Crippen molar-refractivity contribution in [3.05, 3.63) is 101 Å². The van der Waals surface area contributed by atoms with E-state index >= 15 is 0 Å². The molecule has 0 fully saturated rings. The van der Waals surface area contributed by atoms with E-state index in [2.05, 4.69) is 16.0 Å². The number of carbonyl (C=O) groups is 4. The first-order valence-electron chi connectivity index (χ1n) is 11.8. The largest absolute Gasteiger partial charge is 0.466 e. The molecule has 0 saturated carbocycles. The Morgan fingerprint density at radius 3 is 1.84 bits per heavy atom. The molecule has 0 atom stereocenters. The molecule has 4 N–H and O–H groups in total. The van der Waals surface area contributed by atoms with E-state index in [0.29, 0.717) is 11.4 Å². The van der Waals surface area contributed by atoms with Crippen molar-refractivity contribution in [2.75, 3.05) is 42.8 Å². The van der Waals surface area contributed by atoms with Gasteiger partial charge in [-0.1, -0.05) is 36.4 Å². The van der Waals surface area contributed by atoms with Gasteiger partial charge in [0, 0.05) is 34.7 Å². The predicted molar refractivity (Wildman–Crippen MR) is 142 cm³/mol. The predicted octanol–water partition coefficient (Wildman–Crippen LogP) is 2.86. The molecule has 1 aliphatic rings. The number of β-amino-alcohol motifs (C(OH)–C–C–N with tert-alkyl or cyclic N) is 1. The summed E-state index contributed by atoms with van der Waals surface area (Å²) in [6.45, 7) is -0.314. The molecule has 0 spiro atoms. The zero-order valence-corrected chi connectivity index (χ0v) is 20.6. The third-order valence-corrected chi connectivity index (χ3v) is 5.74. The number of nitrogens with zero attached hydrogens (tertiary/aromatic N) is 1. The summed E-state index contributed by atoms with van der Waals surface area (Å²) in [7, 11) is 1.20. The summed E-state index contributed by atoms with van der Waals surface area (Å²) in [5.41, 5.74) is 1.67. The van der Waals surface area contributed by atoms with Crippen LogP contribution >= 0.6 is 0 Å². The number of nitrogens with one attached hydrogen (secondary N) is 3. The number of para-hydroxylation sites is 2. The Balaban J connectivity index is 1.70. The first-order chi connectivity index (χ1) is 18.4. The monoisotopic (exact) mass is 514 g/mol. The fraction of sp³-hybridized carbons (Fsp3) is 0.143. The maximum Gasteiger partial charge on any atom is 0.337 e. The van der Waals surface area contributed by atoms with E-state index in [4.69, 9.17) is 4.74 Å². The number of aliphatic hydroxyl groups is 1. The minimum atomic E-state index is -0.707. The lowest BCUT2D eigenvalue weighted by molar-refractivity contribution is -0.136. The van der Waals surface area contributed by atoms with Gasteiger partial charge in [0.2, 0.25) is 0 Å². The first kappa shape index (κ1) is 26.1. The molecule has 0 bridgehead atoms. The van der Waals surface area contributed by atoms with Crippen LogP contribution in [-0.2, 0) is 14.3 Å². The zero-order chi connectivity index (χ0) is 27.1. The van der Waals surface area contributed by atoms with Crippen LogP contribution in [0.2, 0.25) is 0 Å². The number of esters is 1. The van der Waals surface area contributed by atoms with Gasteiger partial charge in [-0.2, -0.15) is 0 Å². The van der Waals surface area contributed by atoms with Crippen LogP contribution in [0.1, 0.15) is 20.7 Å². The highest BCUT2D eigenvalue weighted by Crippen LogP contribution is 2.25. The third kappa shape index (κ3) is 6.05. The van der Waals surface area contributed by atoms with Crippen LogP contribution in [0.5, 0.6) is 0 Å². The smallest absolute Gasteiger partial charge is 0.337 e. The Morgan fingerprint density at radius 1 is 0.842 bits per heavy atom. The molecule has 0 unspecified atom stereocenters. The third-order valence-electron chi connectivity index (χ3n) is 5.74. The van der Waals surface area contributed by atoms with E-state index in [-0.39, 0.29) is 47.8 Å². The average Bonchev–Trinajstić information content (AvgIpc) is 3.24. The van der Waals surface area contributed by atoms with E-state index in [1.807, 2.05) is 12.1 Å². The maximum atomic E-state index is 13.1. The Hall–Kier alpha value is -4.96. The van der Waals surface area contributed by atoms with Crippen molar-refractivity contribution in [3.8, 4) is 0 Å². The lowest BCUT2D eigenvalue weighted by atomic mass is 10.1. The van der Waals surface area contributed by atoms with Crippen molar-refractivity contribution in [2.24, 2.45) is 0 Å². The van der Waals surface area contributed by atoms with Gasteiger partial charge in [-0.25, -0.2) is 4.79 Å². The number of benzene rings is 3. The van der Waals surface area contributed by atoms with Crippen LogP contribution in [0.15, 0.2) is 90.1 Å². The zero-order valence-electron chi connectivity index (χ0n) is 20.6. The molecule has 1 aliphatic heterocycles. The number of ether oxygens (including phenoxy) is 1. The highest BCUT2D eigenvalue weighted by atomic mass is 16.5. The van der Waals surface area contributed by atoms with Crippen LogP contribution in [-0.4, -0.2) is 60.5 Å². The van der Waals surface area contributed by atoms with E-state index in [0.717, 1.165) is 0 Å². The summed E-state index contributed by atoms with van der Waals surface area (Å²) in [6.07, 6.45) is 0. The molecule has 10 nitrogen and oxygen atoms in total. The molecule has 1 heterocycles. The van der Waals surface area contributed by atoms with Crippen molar-refractivity contribution in [1.29, 1.82) is 0 Å². The molecule has 0 radical (unpaired) electrons. The second kappa shape index (κ2) is 11.8. The summed E-state index contributed by atoms with van der Waals surface area (Å²) in [6, 6.07) is 22.0. The second-order valence-electron chi connectivity index (χ2n) is 8.36. The standard InChI is InChI=1S/C28H26N4O6/c1-38-28(37)23-17-32(12-13-33)27(36)24(23)29-22-15-18(25(34)30-20-8-4-2-5-9-20)14-19(16-22)26(35)31-21-10-6-3-7-11-21/h2-11,14-16,29,33H,12-13,17H2,1H3,(H,30,34)(H,31,35). The number of hydrogen-bond acceptors (Lipinski definition) is 7. The summed E-state index contributed by atoms with van der Waals surface area (Å²) < 4.78 is 4.83. The van der Waals surface area contributed by atoms with Crippen molar-refractivity contribution in [3.63, 3.8) is 0 Å². The van der Waals surface area contributed by atoms with Gasteiger partial charge in [-0.3, -0.25) is 14.4 Å². The molecular weight excluding hydrogens is 488 g/mol. The minimum absolute atomic E-state index is 0.0226. The van der Waals surface area contributed by atoms with Crippen molar-refractivity contribution < 1.29 is 29.0 Å².